The van der Waals surface area contributed by atoms with Gasteiger partial charge in [0, 0.05) is 31.9 Å². The Balaban J connectivity index is 1.86. The molecule has 1 aromatic carbocycles. The smallest absolute Gasteiger partial charge is 0.274 e. The Labute approximate surface area is 169 Å². The normalized spacial score (nSPS) is 12.0. The first-order chi connectivity index (χ1) is 13.9. The Morgan fingerprint density at radius 1 is 1.07 bits per heavy atom. The number of hydrogen-bond donors (Lipinski definition) is 1. The van der Waals surface area contributed by atoms with Crippen molar-refractivity contribution in [2.24, 2.45) is 7.05 Å². The van der Waals surface area contributed by atoms with E-state index in [9.17, 15) is 14.4 Å². The van der Waals surface area contributed by atoms with Crippen molar-refractivity contribution in [1.29, 1.82) is 0 Å². The van der Waals surface area contributed by atoms with Crippen LogP contribution in [0.5, 0.6) is 11.5 Å². The van der Waals surface area contributed by atoms with Gasteiger partial charge in [0.05, 0.1) is 5.56 Å². The SMILES string of the molecule is CCCN(CCC)C(=O)c1cc(NC(=O)c2ccc3c(c2)OCO3)c(=O)n(C)c1. The van der Waals surface area contributed by atoms with Gasteiger partial charge in [0.15, 0.2) is 11.5 Å². The monoisotopic (exact) mass is 399 g/mol. The van der Waals surface area contributed by atoms with E-state index in [0.29, 0.717) is 35.7 Å². The molecule has 1 aromatic heterocycles. The molecule has 0 saturated heterocycles. The Bertz CT molecular complexity index is 977. The first-order valence-corrected chi connectivity index (χ1v) is 9.65. The van der Waals surface area contributed by atoms with Crippen LogP contribution in [0.25, 0.3) is 0 Å². The third kappa shape index (κ3) is 4.42. The quantitative estimate of drug-likeness (QED) is 0.773. The lowest BCUT2D eigenvalue weighted by atomic mass is 10.1. The minimum absolute atomic E-state index is 0.0500. The number of aryl methyl sites for hydroxylation is 1. The number of amides is 2. The van der Waals surface area contributed by atoms with Crippen LogP contribution in [0, 0.1) is 0 Å². The molecule has 0 radical (unpaired) electrons. The molecule has 154 valence electrons. The number of benzene rings is 1. The first kappa shape index (κ1) is 20.4. The fourth-order valence-electron chi connectivity index (χ4n) is 3.19. The first-order valence-electron chi connectivity index (χ1n) is 9.65. The molecule has 0 saturated carbocycles. The molecule has 29 heavy (non-hydrogen) atoms. The van der Waals surface area contributed by atoms with Crippen molar-refractivity contribution in [3.05, 3.63) is 51.9 Å². The Kier molecular flexibility index (Phi) is 6.21. The van der Waals surface area contributed by atoms with Crippen LogP contribution in [0.4, 0.5) is 5.69 Å². The Morgan fingerprint density at radius 3 is 2.45 bits per heavy atom. The lowest BCUT2D eigenvalue weighted by molar-refractivity contribution is 0.0754. The van der Waals surface area contributed by atoms with Gasteiger partial charge in [-0.25, -0.2) is 0 Å². The maximum atomic E-state index is 12.9. The van der Waals surface area contributed by atoms with Crippen molar-refractivity contribution in [2.75, 3.05) is 25.2 Å². The highest BCUT2D eigenvalue weighted by molar-refractivity contribution is 6.05. The topological polar surface area (TPSA) is 89.9 Å². The number of fused-ring (bicyclic) bond motifs is 1. The zero-order chi connectivity index (χ0) is 21.0. The summed E-state index contributed by atoms with van der Waals surface area (Å²) in [5.41, 5.74) is 0.337. The maximum absolute atomic E-state index is 12.9. The van der Waals surface area contributed by atoms with Crippen LogP contribution >= 0.6 is 0 Å². The van der Waals surface area contributed by atoms with E-state index in [1.54, 1.807) is 30.1 Å². The van der Waals surface area contributed by atoms with Gasteiger partial charge in [0.2, 0.25) is 6.79 Å². The van der Waals surface area contributed by atoms with Crippen LogP contribution in [-0.2, 0) is 7.05 Å². The van der Waals surface area contributed by atoms with Crippen LogP contribution in [0.3, 0.4) is 0 Å². The molecule has 0 aliphatic carbocycles. The van der Waals surface area contributed by atoms with Crippen LogP contribution in [-0.4, -0.2) is 41.2 Å². The lowest BCUT2D eigenvalue weighted by Gasteiger charge is -2.22. The molecule has 0 bridgehead atoms. The van der Waals surface area contributed by atoms with Crippen LogP contribution < -0.4 is 20.3 Å². The predicted molar refractivity (Wildman–Crippen MR) is 109 cm³/mol. The zero-order valence-corrected chi connectivity index (χ0v) is 16.9. The van der Waals surface area contributed by atoms with Gasteiger partial charge in [0.1, 0.15) is 5.69 Å². The second kappa shape index (κ2) is 8.81. The molecule has 0 unspecified atom stereocenters. The van der Waals surface area contributed by atoms with Crippen molar-refractivity contribution >= 4 is 17.5 Å². The Hall–Kier alpha value is -3.29. The van der Waals surface area contributed by atoms with Crippen molar-refractivity contribution in [1.82, 2.24) is 9.47 Å². The maximum Gasteiger partial charge on any atom is 0.274 e. The average Bonchev–Trinajstić information content (AvgIpc) is 3.18. The second-order valence-electron chi connectivity index (χ2n) is 6.87. The van der Waals surface area contributed by atoms with E-state index in [-0.39, 0.29) is 18.4 Å². The highest BCUT2D eigenvalue weighted by atomic mass is 16.7. The fourth-order valence-corrected chi connectivity index (χ4v) is 3.19. The summed E-state index contributed by atoms with van der Waals surface area (Å²) in [6.45, 7) is 5.39. The molecule has 2 aromatic rings. The molecule has 8 nitrogen and oxygen atoms in total. The summed E-state index contributed by atoms with van der Waals surface area (Å²) in [7, 11) is 1.55. The van der Waals surface area contributed by atoms with Gasteiger partial charge < -0.3 is 24.3 Å². The molecule has 1 aliphatic heterocycles. The summed E-state index contributed by atoms with van der Waals surface area (Å²) < 4.78 is 11.8. The van der Waals surface area contributed by atoms with Crippen molar-refractivity contribution in [3.63, 3.8) is 0 Å². The van der Waals surface area contributed by atoms with E-state index >= 15 is 0 Å². The number of anilines is 1. The largest absolute Gasteiger partial charge is 0.454 e. The number of nitrogens with zero attached hydrogens (tertiary/aromatic N) is 2. The Morgan fingerprint density at radius 2 is 1.76 bits per heavy atom. The third-order valence-electron chi connectivity index (χ3n) is 4.59. The summed E-state index contributed by atoms with van der Waals surface area (Å²) in [5, 5.41) is 2.62. The molecule has 0 fully saturated rings. The highest BCUT2D eigenvalue weighted by Crippen LogP contribution is 2.32. The lowest BCUT2D eigenvalue weighted by Crippen LogP contribution is -2.34. The van der Waals surface area contributed by atoms with E-state index in [2.05, 4.69) is 5.32 Å². The molecular weight excluding hydrogens is 374 g/mol. The summed E-state index contributed by atoms with van der Waals surface area (Å²) >= 11 is 0. The van der Waals surface area contributed by atoms with Crippen molar-refractivity contribution in [3.8, 4) is 11.5 Å². The summed E-state index contributed by atoms with van der Waals surface area (Å²) in [4.78, 5) is 39.8. The molecule has 3 rings (SSSR count). The highest BCUT2D eigenvalue weighted by Gasteiger charge is 2.20. The number of aromatic nitrogens is 1. The molecule has 0 spiro atoms. The number of rotatable bonds is 7. The van der Waals surface area contributed by atoms with Crippen molar-refractivity contribution < 1.29 is 19.1 Å². The van der Waals surface area contributed by atoms with Gasteiger partial charge in [-0.15, -0.1) is 0 Å². The predicted octanol–water partition coefficient (Wildman–Crippen LogP) is 2.63. The molecule has 0 atom stereocenters. The van der Waals surface area contributed by atoms with Gasteiger partial charge >= 0.3 is 0 Å². The molecule has 2 amide bonds. The van der Waals surface area contributed by atoms with E-state index in [4.69, 9.17) is 9.47 Å². The zero-order valence-electron chi connectivity index (χ0n) is 16.9. The number of nitrogens with one attached hydrogen (secondary N) is 1. The minimum Gasteiger partial charge on any atom is -0.454 e. The molecule has 1 N–H and O–H groups in total. The number of pyridine rings is 1. The van der Waals surface area contributed by atoms with Gasteiger partial charge in [-0.05, 0) is 37.1 Å². The third-order valence-corrected chi connectivity index (χ3v) is 4.59. The van der Waals surface area contributed by atoms with E-state index < -0.39 is 11.5 Å². The van der Waals surface area contributed by atoms with Gasteiger partial charge in [0.25, 0.3) is 17.4 Å². The second-order valence-corrected chi connectivity index (χ2v) is 6.87. The van der Waals surface area contributed by atoms with E-state index in [1.165, 1.54) is 16.8 Å². The average molecular weight is 399 g/mol. The number of carbonyl (C=O) groups is 2. The van der Waals surface area contributed by atoms with Gasteiger partial charge in [-0.2, -0.15) is 0 Å². The summed E-state index contributed by atoms with van der Waals surface area (Å²) in [6, 6.07) is 6.23. The molecular formula is C21H25N3O5. The van der Waals surface area contributed by atoms with E-state index in [0.717, 1.165) is 12.8 Å². The summed E-state index contributed by atoms with van der Waals surface area (Å²) in [5.74, 6) is 0.410. The number of hydrogen-bond acceptors (Lipinski definition) is 5. The number of ether oxygens (including phenoxy) is 2. The minimum atomic E-state index is -0.469. The van der Waals surface area contributed by atoms with E-state index in [1.807, 2.05) is 13.8 Å². The standard InChI is InChI=1S/C21H25N3O5/c1-4-8-24(9-5-2)20(26)15-10-16(21(27)23(3)12-15)22-19(25)14-6-7-17-18(11-14)29-13-28-17/h6-7,10-12H,4-5,8-9,13H2,1-3H3,(H,22,25). The van der Waals surface area contributed by atoms with Gasteiger partial charge in [-0.3, -0.25) is 14.4 Å². The van der Waals surface area contributed by atoms with Crippen LogP contribution in [0.1, 0.15) is 47.4 Å². The molecule has 2 heterocycles. The van der Waals surface area contributed by atoms with Crippen molar-refractivity contribution in [2.45, 2.75) is 26.7 Å². The van der Waals surface area contributed by atoms with Gasteiger partial charge in [-0.1, -0.05) is 13.8 Å². The molecule has 8 heteroatoms. The van der Waals surface area contributed by atoms with Crippen LogP contribution in [0.15, 0.2) is 35.3 Å². The molecule has 1 aliphatic rings. The summed E-state index contributed by atoms with van der Waals surface area (Å²) in [6.07, 6.45) is 3.18. The van der Waals surface area contributed by atoms with Crippen LogP contribution in [0.2, 0.25) is 0 Å². The fraction of sp³-hybridized carbons (Fsp3) is 0.381. The number of carbonyl (C=O) groups excluding carboxylic acids is 2.